The average molecular weight is 449 g/mol. The molecule has 2 aromatic carbocycles. The van der Waals surface area contributed by atoms with E-state index in [1.165, 1.54) is 17.3 Å². The third-order valence-corrected chi connectivity index (χ3v) is 6.32. The average Bonchev–Trinajstić information content (AvgIpc) is 3.08. The summed E-state index contributed by atoms with van der Waals surface area (Å²) in [5, 5.41) is 12.8. The van der Waals surface area contributed by atoms with Gasteiger partial charge in [-0.1, -0.05) is 35.5 Å². The Bertz CT molecular complexity index is 946. The van der Waals surface area contributed by atoms with Gasteiger partial charge in [-0.25, -0.2) is 0 Å². The molecule has 1 aromatic heterocycles. The summed E-state index contributed by atoms with van der Waals surface area (Å²) in [7, 11) is 3.53. The highest BCUT2D eigenvalue weighted by molar-refractivity contribution is 7.99. The zero-order chi connectivity index (χ0) is 20.6. The van der Waals surface area contributed by atoms with Crippen LogP contribution in [0.5, 0.6) is 5.75 Å². The lowest BCUT2D eigenvalue weighted by molar-refractivity contribution is -0.113. The monoisotopic (exact) mass is 448 g/mol. The second-order valence-electron chi connectivity index (χ2n) is 6.14. The van der Waals surface area contributed by atoms with E-state index in [9.17, 15) is 4.79 Å². The van der Waals surface area contributed by atoms with Crippen molar-refractivity contribution in [2.45, 2.75) is 16.7 Å². The molecule has 0 aliphatic heterocycles. The first-order valence-electron chi connectivity index (χ1n) is 8.82. The Morgan fingerprint density at radius 3 is 2.52 bits per heavy atom. The van der Waals surface area contributed by atoms with Crippen LogP contribution in [0.4, 0.5) is 5.69 Å². The van der Waals surface area contributed by atoms with Crippen molar-refractivity contribution in [3.63, 3.8) is 0 Å². The molecule has 0 atom stereocenters. The lowest BCUT2D eigenvalue weighted by atomic mass is 10.2. The van der Waals surface area contributed by atoms with Gasteiger partial charge in [0, 0.05) is 23.5 Å². The number of aromatic nitrogens is 3. The minimum Gasteiger partial charge on any atom is -0.497 e. The van der Waals surface area contributed by atoms with E-state index in [1.54, 1.807) is 43.1 Å². The van der Waals surface area contributed by atoms with Crippen molar-refractivity contribution >= 4 is 46.7 Å². The number of nitrogens with one attached hydrogen (secondary N) is 1. The molecular formula is C20H21ClN4O2S2. The van der Waals surface area contributed by atoms with Crippen LogP contribution in [0.25, 0.3) is 0 Å². The number of benzene rings is 2. The highest BCUT2D eigenvalue weighted by atomic mass is 35.5. The highest BCUT2D eigenvalue weighted by Crippen LogP contribution is 2.22. The minimum atomic E-state index is -0.0955. The van der Waals surface area contributed by atoms with E-state index in [1.807, 2.05) is 35.9 Å². The number of methoxy groups -OCH3 is 1. The molecule has 1 N–H and O–H groups in total. The molecule has 0 saturated heterocycles. The molecule has 3 aromatic rings. The number of nitrogens with zero attached hydrogens (tertiary/aromatic N) is 3. The lowest BCUT2D eigenvalue weighted by Crippen LogP contribution is -2.14. The number of carbonyl (C=O) groups is 1. The van der Waals surface area contributed by atoms with Crippen LogP contribution in [0.2, 0.25) is 5.02 Å². The van der Waals surface area contributed by atoms with Crippen molar-refractivity contribution in [2.75, 3.05) is 18.2 Å². The Hall–Kier alpha value is -2.16. The second kappa shape index (κ2) is 10.6. The number of hydrogen-bond donors (Lipinski definition) is 1. The number of amides is 1. The summed E-state index contributed by atoms with van der Waals surface area (Å²) in [4.78, 5) is 12.2. The van der Waals surface area contributed by atoms with Gasteiger partial charge in [-0.2, -0.15) is 0 Å². The van der Waals surface area contributed by atoms with Gasteiger partial charge in [-0.15, -0.1) is 22.0 Å². The second-order valence-corrected chi connectivity index (χ2v) is 8.51. The van der Waals surface area contributed by atoms with Crippen LogP contribution < -0.4 is 10.1 Å². The molecule has 0 saturated carbocycles. The van der Waals surface area contributed by atoms with Crippen LogP contribution in [0.15, 0.2) is 53.7 Å². The van der Waals surface area contributed by atoms with Crippen LogP contribution in [0.1, 0.15) is 11.4 Å². The highest BCUT2D eigenvalue weighted by Gasteiger charge is 2.12. The summed E-state index contributed by atoms with van der Waals surface area (Å²) in [6.45, 7) is 0. The van der Waals surface area contributed by atoms with E-state index in [0.29, 0.717) is 0 Å². The van der Waals surface area contributed by atoms with Gasteiger partial charge in [0.15, 0.2) is 5.16 Å². The Labute approximate surface area is 183 Å². The van der Waals surface area contributed by atoms with Crippen LogP contribution in [-0.2, 0) is 23.3 Å². The molecule has 6 nitrogen and oxygen atoms in total. The van der Waals surface area contributed by atoms with Gasteiger partial charge in [-0.05, 0) is 42.0 Å². The van der Waals surface area contributed by atoms with Crippen LogP contribution in [0, 0.1) is 0 Å². The first-order chi connectivity index (χ1) is 14.0. The van der Waals surface area contributed by atoms with E-state index < -0.39 is 0 Å². The Kier molecular flexibility index (Phi) is 7.85. The predicted octanol–water partition coefficient (Wildman–Crippen LogP) is 4.64. The third-order valence-electron chi connectivity index (χ3n) is 4.04. The van der Waals surface area contributed by atoms with Gasteiger partial charge in [-0.3, -0.25) is 4.79 Å². The number of rotatable bonds is 9. The number of carbonyl (C=O) groups excluding carboxylic acids is 1. The fourth-order valence-corrected chi connectivity index (χ4v) is 4.26. The molecular weight excluding hydrogens is 428 g/mol. The lowest BCUT2D eigenvalue weighted by Gasteiger charge is -2.06. The number of thioether (sulfide) groups is 2. The van der Waals surface area contributed by atoms with Crippen molar-refractivity contribution in [3.05, 3.63) is 64.9 Å². The van der Waals surface area contributed by atoms with E-state index in [4.69, 9.17) is 16.3 Å². The Morgan fingerprint density at radius 2 is 1.83 bits per heavy atom. The smallest absolute Gasteiger partial charge is 0.234 e. The van der Waals surface area contributed by atoms with E-state index in [-0.39, 0.29) is 11.7 Å². The fourth-order valence-electron chi connectivity index (χ4n) is 2.44. The summed E-state index contributed by atoms with van der Waals surface area (Å²) in [6.07, 6.45) is 0. The summed E-state index contributed by atoms with van der Waals surface area (Å²) in [5.74, 6) is 3.40. The number of ether oxygens (including phenoxy) is 1. The molecule has 0 radical (unpaired) electrons. The zero-order valence-corrected chi connectivity index (χ0v) is 18.5. The van der Waals surface area contributed by atoms with Gasteiger partial charge in [0.05, 0.1) is 18.6 Å². The number of hydrogen-bond acceptors (Lipinski definition) is 6. The fraction of sp³-hybridized carbons (Fsp3) is 0.250. The maximum absolute atomic E-state index is 12.2. The van der Waals surface area contributed by atoms with Gasteiger partial charge in [0.2, 0.25) is 5.91 Å². The largest absolute Gasteiger partial charge is 0.497 e. The third kappa shape index (κ3) is 6.42. The molecule has 0 spiro atoms. The van der Waals surface area contributed by atoms with Gasteiger partial charge >= 0.3 is 0 Å². The van der Waals surface area contributed by atoms with Crippen LogP contribution in [0.3, 0.4) is 0 Å². The SMILES string of the molecule is COc1ccc(NC(=O)CSc2nnc(CSCc3ccc(Cl)cc3)n2C)cc1. The summed E-state index contributed by atoms with van der Waals surface area (Å²) in [5.41, 5.74) is 1.94. The molecule has 0 aliphatic carbocycles. The topological polar surface area (TPSA) is 69.0 Å². The first-order valence-corrected chi connectivity index (χ1v) is 11.3. The van der Waals surface area contributed by atoms with Gasteiger partial charge < -0.3 is 14.6 Å². The van der Waals surface area contributed by atoms with Crippen molar-refractivity contribution in [2.24, 2.45) is 7.05 Å². The molecule has 29 heavy (non-hydrogen) atoms. The van der Waals surface area contributed by atoms with Crippen LogP contribution in [-0.4, -0.2) is 33.5 Å². The standard InChI is InChI=1S/C20H21ClN4O2S2/c1-25-18(12-28-11-14-3-5-15(21)6-4-14)23-24-20(25)29-13-19(26)22-16-7-9-17(27-2)10-8-16/h3-10H,11-13H2,1-2H3,(H,22,26). The molecule has 152 valence electrons. The van der Waals surface area contributed by atoms with Crippen molar-refractivity contribution < 1.29 is 9.53 Å². The Balaban J connectivity index is 1.45. The van der Waals surface area contributed by atoms with Gasteiger partial charge in [0.25, 0.3) is 0 Å². The summed E-state index contributed by atoms with van der Waals surface area (Å²) < 4.78 is 7.04. The normalized spacial score (nSPS) is 10.7. The molecule has 1 amide bonds. The van der Waals surface area contributed by atoms with Gasteiger partial charge in [0.1, 0.15) is 11.6 Å². The minimum absolute atomic E-state index is 0.0955. The van der Waals surface area contributed by atoms with Crippen molar-refractivity contribution in [1.82, 2.24) is 14.8 Å². The molecule has 3 rings (SSSR count). The van der Waals surface area contributed by atoms with E-state index in [2.05, 4.69) is 15.5 Å². The molecule has 0 unspecified atom stereocenters. The molecule has 0 aliphatic rings. The molecule has 9 heteroatoms. The zero-order valence-electron chi connectivity index (χ0n) is 16.1. The first kappa shape index (κ1) is 21.5. The van der Waals surface area contributed by atoms with E-state index >= 15 is 0 Å². The Morgan fingerprint density at radius 1 is 1.10 bits per heavy atom. The van der Waals surface area contributed by atoms with Crippen molar-refractivity contribution in [3.8, 4) is 5.75 Å². The van der Waals surface area contributed by atoms with Crippen molar-refractivity contribution in [1.29, 1.82) is 0 Å². The molecule has 0 bridgehead atoms. The summed E-state index contributed by atoms with van der Waals surface area (Å²) >= 11 is 9.03. The quantitative estimate of drug-likeness (QED) is 0.481. The number of anilines is 1. The summed E-state index contributed by atoms with van der Waals surface area (Å²) in [6, 6.07) is 15.1. The maximum Gasteiger partial charge on any atom is 0.234 e. The molecule has 1 heterocycles. The maximum atomic E-state index is 12.2. The van der Waals surface area contributed by atoms with Crippen LogP contribution >= 0.6 is 35.1 Å². The number of halogens is 1. The molecule has 0 fully saturated rings. The predicted molar refractivity (Wildman–Crippen MR) is 120 cm³/mol. The van der Waals surface area contributed by atoms with E-state index in [0.717, 1.165) is 38.9 Å².